The van der Waals surface area contributed by atoms with Crippen LogP contribution in [0.25, 0.3) is 0 Å². The molecule has 1 fully saturated rings. The normalized spacial score (nSPS) is 25.5. The number of carbonyl (C=O) groups is 1. The van der Waals surface area contributed by atoms with Crippen molar-refractivity contribution in [2.45, 2.75) is 51.5 Å². The molecule has 1 amide bonds. The van der Waals surface area contributed by atoms with E-state index in [0.717, 1.165) is 0 Å². The lowest BCUT2D eigenvalue weighted by Crippen LogP contribution is -2.48. The molecule has 9 heteroatoms. The van der Waals surface area contributed by atoms with Crippen LogP contribution in [0.1, 0.15) is 34.1 Å². The van der Waals surface area contributed by atoms with Gasteiger partial charge in [-0.15, -0.1) is 5.10 Å². The molecular formula is C20H25F2N3O4. The summed E-state index contributed by atoms with van der Waals surface area (Å²) in [5.74, 6) is -0.630. The van der Waals surface area contributed by atoms with Gasteiger partial charge in [-0.3, -0.25) is 0 Å². The maximum absolute atomic E-state index is 15.0. The van der Waals surface area contributed by atoms with E-state index in [0.29, 0.717) is 6.54 Å². The molecule has 0 aromatic carbocycles. The molecule has 29 heavy (non-hydrogen) atoms. The maximum atomic E-state index is 15.0. The summed E-state index contributed by atoms with van der Waals surface area (Å²) < 4.78 is 46.3. The summed E-state index contributed by atoms with van der Waals surface area (Å²) in [6, 6.07) is 3.13. The molecule has 2 heterocycles. The average Bonchev–Trinajstić information content (AvgIpc) is 2.63. The smallest absolute Gasteiger partial charge is 0.410 e. The van der Waals surface area contributed by atoms with Crippen molar-refractivity contribution in [1.29, 1.82) is 0 Å². The van der Waals surface area contributed by atoms with Crippen molar-refractivity contribution in [2.75, 3.05) is 19.7 Å². The highest BCUT2D eigenvalue weighted by atomic mass is 19.1. The van der Waals surface area contributed by atoms with E-state index < -0.39 is 35.7 Å². The first-order valence-electron chi connectivity index (χ1n) is 9.40. The molecule has 0 N–H and O–H groups in total. The van der Waals surface area contributed by atoms with Crippen molar-refractivity contribution in [3.8, 4) is 5.88 Å². The number of rotatable bonds is 3. The molecule has 3 rings (SSSR count). The van der Waals surface area contributed by atoms with Gasteiger partial charge in [-0.2, -0.15) is 5.10 Å². The number of alkyl halides is 1. The third-order valence-electron chi connectivity index (χ3n) is 4.43. The zero-order chi connectivity index (χ0) is 21.2. The van der Waals surface area contributed by atoms with Gasteiger partial charge in [-0.05, 0) is 39.8 Å². The summed E-state index contributed by atoms with van der Waals surface area (Å²) in [4.78, 5) is 13.8. The predicted molar refractivity (Wildman–Crippen MR) is 101 cm³/mol. The Morgan fingerprint density at radius 1 is 1.41 bits per heavy atom. The second-order valence-electron chi connectivity index (χ2n) is 8.19. The molecule has 1 aromatic heterocycles. The standard InChI is InChI=1S/C20H25F2N3O4/c1-19(2,3)29-18(26)25-8-9-27-15(12-25)13-10-16(20(4,22)11-14(13)21)28-17-6-5-7-23-24-17/h5-7,10,15H,8-9,11-12H2,1-4H3/t15-,20?/m1/s1. The molecular weight excluding hydrogens is 384 g/mol. The Morgan fingerprint density at radius 2 is 2.17 bits per heavy atom. The lowest BCUT2D eigenvalue weighted by molar-refractivity contribution is -0.0301. The van der Waals surface area contributed by atoms with Crippen LogP contribution >= 0.6 is 0 Å². The van der Waals surface area contributed by atoms with Gasteiger partial charge in [-0.25, -0.2) is 13.6 Å². The molecule has 2 aliphatic rings. The van der Waals surface area contributed by atoms with Crippen LogP contribution in [0.4, 0.5) is 13.6 Å². The van der Waals surface area contributed by atoms with Gasteiger partial charge in [0.05, 0.1) is 13.2 Å². The fourth-order valence-corrected chi connectivity index (χ4v) is 3.04. The molecule has 1 saturated heterocycles. The molecule has 1 aliphatic heterocycles. The van der Waals surface area contributed by atoms with E-state index in [2.05, 4.69) is 10.2 Å². The van der Waals surface area contributed by atoms with Gasteiger partial charge in [0.2, 0.25) is 5.88 Å². The molecule has 0 spiro atoms. The van der Waals surface area contributed by atoms with Crippen LogP contribution in [-0.4, -0.2) is 58.3 Å². The SMILES string of the molecule is CC(C)(C)OC(=O)N1CCO[C@@H](C2=C(F)CC(C)(F)C(Oc3cccnn3)=C2)C1. The van der Waals surface area contributed by atoms with Crippen molar-refractivity contribution in [3.63, 3.8) is 0 Å². The lowest BCUT2D eigenvalue weighted by atomic mass is 9.89. The van der Waals surface area contributed by atoms with Crippen molar-refractivity contribution in [3.05, 3.63) is 41.6 Å². The van der Waals surface area contributed by atoms with E-state index in [9.17, 15) is 13.6 Å². The first-order valence-corrected chi connectivity index (χ1v) is 9.40. The predicted octanol–water partition coefficient (Wildman–Crippen LogP) is 3.73. The first-order chi connectivity index (χ1) is 13.5. The quantitative estimate of drug-likeness (QED) is 0.757. The van der Waals surface area contributed by atoms with Crippen LogP contribution in [0.5, 0.6) is 5.88 Å². The fraction of sp³-hybridized carbons (Fsp3) is 0.550. The number of nitrogens with zero attached hydrogens (tertiary/aromatic N) is 3. The Balaban J connectivity index is 1.80. The number of morpholine rings is 1. The highest BCUT2D eigenvalue weighted by Gasteiger charge is 2.40. The zero-order valence-corrected chi connectivity index (χ0v) is 16.9. The summed E-state index contributed by atoms with van der Waals surface area (Å²) in [6.07, 6.45) is 0.992. The maximum Gasteiger partial charge on any atom is 0.410 e. The summed E-state index contributed by atoms with van der Waals surface area (Å²) in [5, 5.41) is 7.46. The third kappa shape index (κ3) is 5.29. The molecule has 0 saturated carbocycles. The molecule has 0 bridgehead atoms. The minimum Gasteiger partial charge on any atom is -0.444 e. The number of ether oxygens (including phenoxy) is 3. The van der Waals surface area contributed by atoms with Gasteiger partial charge in [0.1, 0.15) is 23.3 Å². The van der Waals surface area contributed by atoms with Crippen LogP contribution in [-0.2, 0) is 9.47 Å². The van der Waals surface area contributed by atoms with Crippen molar-refractivity contribution >= 4 is 6.09 Å². The number of hydrogen-bond acceptors (Lipinski definition) is 6. The van der Waals surface area contributed by atoms with Gasteiger partial charge in [-0.1, -0.05) is 0 Å². The Labute approximate surface area is 168 Å². The van der Waals surface area contributed by atoms with Crippen LogP contribution in [0.2, 0.25) is 0 Å². The van der Waals surface area contributed by atoms with E-state index in [-0.39, 0.29) is 30.4 Å². The van der Waals surface area contributed by atoms with E-state index in [1.54, 1.807) is 26.8 Å². The number of aromatic nitrogens is 2. The number of halogens is 2. The van der Waals surface area contributed by atoms with Gasteiger partial charge in [0.15, 0.2) is 5.67 Å². The number of amides is 1. The minimum atomic E-state index is -2.05. The van der Waals surface area contributed by atoms with Gasteiger partial charge < -0.3 is 19.1 Å². The number of carbonyl (C=O) groups excluding carboxylic acids is 1. The highest BCUT2D eigenvalue weighted by Crippen LogP contribution is 2.39. The van der Waals surface area contributed by atoms with E-state index in [4.69, 9.17) is 14.2 Å². The van der Waals surface area contributed by atoms with Gasteiger partial charge in [0.25, 0.3) is 0 Å². The molecule has 0 radical (unpaired) electrons. The molecule has 2 atom stereocenters. The Bertz CT molecular complexity index is 819. The molecule has 158 valence electrons. The highest BCUT2D eigenvalue weighted by molar-refractivity contribution is 5.68. The molecule has 1 aromatic rings. The van der Waals surface area contributed by atoms with Crippen molar-refractivity contribution < 1.29 is 27.8 Å². The topological polar surface area (TPSA) is 73.8 Å². The Morgan fingerprint density at radius 3 is 2.83 bits per heavy atom. The molecule has 1 aliphatic carbocycles. The van der Waals surface area contributed by atoms with Crippen molar-refractivity contribution in [2.24, 2.45) is 0 Å². The molecule has 1 unspecified atom stereocenters. The van der Waals surface area contributed by atoms with E-state index >= 15 is 0 Å². The summed E-state index contributed by atoms with van der Waals surface area (Å²) >= 11 is 0. The largest absolute Gasteiger partial charge is 0.444 e. The summed E-state index contributed by atoms with van der Waals surface area (Å²) in [7, 11) is 0. The fourth-order valence-electron chi connectivity index (χ4n) is 3.04. The van der Waals surface area contributed by atoms with Crippen LogP contribution in [0, 0.1) is 0 Å². The monoisotopic (exact) mass is 409 g/mol. The van der Waals surface area contributed by atoms with Gasteiger partial charge >= 0.3 is 6.09 Å². The van der Waals surface area contributed by atoms with E-state index in [1.165, 1.54) is 30.2 Å². The Kier molecular flexibility index (Phi) is 5.88. The third-order valence-corrected chi connectivity index (χ3v) is 4.43. The Hall–Kier alpha value is -2.55. The van der Waals surface area contributed by atoms with Crippen LogP contribution in [0.15, 0.2) is 41.6 Å². The lowest BCUT2D eigenvalue weighted by Gasteiger charge is -2.36. The summed E-state index contributed by atoms with van der Waals surface area (Å²) in [5.41, 5.74) is -2.55. The zero-order valence-electron chi connectivity index (χ0n) is 16.9. The first kappa shape index (κ1) is 21.2. The van der Waals surface area contributed by atoms with Gasteiger partial charge in [0, 0.05) is 30.8 Å². The second kappa shape index (κ2) is 8.06. The number of allylic oxidation sites excluding steroid dienone is 2. The average molecular weight is 409 g/mol. The van der Waals surface area contributed by atoms with Crippen molar-refractivity contribution in [1.82, 2.24) is 15.1 Å². The summed E-state index contributed by atoms with van der Waals surface area (Å²) in [6.45, 7) is 7.18. The van der Waals surface area contributed by atoms with E-state index in [1.807, 2.05) is 0 Å². The van der Waals surface area contributed by atoms with Crippen LogP contribution < -0.4 is 4.74 Å². The van der Waals surface area contributed by atoms with Crippen LogP contribution in [0.3, 0.4) is 0 Å². The second-order valence-corrected chi connectivity index (χ2v) is 8.19. The minimum absolute atomic E-state index is 0.0904. The number of hydrogen-bond donors (Lipinski definition) is 0. The molecule has 7 nitrogen and oxygen atoms in total.